The van der Waals surface area contributed by atoms with E-state index >= 15 is 0 Å². The van der Waals surface area contributed by atoms with E-state index in [0.29, 0.717) is 16.9 Å². The van der Waals surface area contributed by atoms with Crippen molar-refractivity contribution in [2.75, 3.05) is 37.6 Å². The van der Waals surface area contributed by atoms with Crippen LogP contribution in [-0.4, -0.2) is 58.1 Å². The fourth-order valence-corrected chi connectivity index (χ4v) is 4.48. The first kappa shape index (κ1) is 20.5. The van der Waals surface area contributed by atoms with E-state index in [1.807, 2.05) is 31.2 Å². The third kappa shape index (κ3) is 4.52. The maximum absolute atomic E-state index is 12.9. The lowest BCUT2D eigenvalue weighted by atomic mass is 10.1. The maximum Gasteiger partial charge on any atom is 0.273 e. The van der Waals surface area contributed by atoms with E-state index in [-0.39, 0.29) is 18.0 Å². The molecule has 3 aromatic rings. The highest BCUT2D eigenvalue weighted by atomic mass is 32.1. The summed E-state index contributed by atoms with van der Waals surface area (Å²) in [5, 5.41) is 3.68. The summed E-state index contributed by atoms with van der Waals surface area (Å²) in [4.78, 5) is 38.7. The molecule has 1 aliphatic heterocycles. The SMILES string of the molecule is CCN1CCN(c2nc3ncn(CC(=O)NCc4ccc(C)cc4)c(=O)c3s2)CC1. The average Bonchev–Trinajstić information content (AvgIpc) is 3.21. The van der Waals surface area contributed by atoms with E-state index in [2.05, 4.69) is 32.0 Å². The minimum atomic E-state index is -0.223. The van der Waals surface area contributed by atoms with Crippen LogP contribution in [0.3, 0.4) is 0 Å². The zero-order valence-corrected chi connectivity index (χ0v) is 18.1. The van der Waals surface area contributed by atoms with Crippen LogP contribution in [0.1, 0.15) is 18.1 Å². The van der Waals surface area contributed by atoms with Crippen molar-refractivity contribution in [1.82, 2.24) is 24.8 Å². The lowest BCUT2D eigenvalue weighted by molar-refractivity contribution is -0.121. The number of nitrogens with zero attached hydrogens (tertiary/aromatic N) is 5. The highest BCUT2D eigenvalue weighted by molar-refractivity contribution is 7.22. The van der Waals surface area contributed by atoms with Crippen molar-refractivity contribution in [1.29, 1.82) is 0 Å². The molecule has 0 saturated carbocycles. The largest absolute Gasteiger partial charge is 0.350 e. The summed E-state index contributed by atoms with van der Waals surface area (Å²) in [6.07, 6.45) is 1.41. The third-order valence-electron chi connectivity index (χ3n) is 5.39. The summed E-state index contributed by atoms with van der Waals surface area (Å²) in [7, 11) is 0. The van der Waals surface area contributed by atoms with Crippen LogP contribution in [0.4, 0.5) is 5.13 Å². The fraction of sp³-hybridized carbons (Fsp3) is 0.429. The van der Waals surface area contributed by atoms with E-state index in [1.165, 1.54) is 27.8 Å². The van der Waals surface area contributed by atoms with Gasteiger partial charge in [-0.3, -0.25) is 14.2 Å². The zero-order valence-electron chi connectivity index (χ0n) is 17.3. The summed E-state index contributed by atoms with van der Waals surface area (Å²) < 4.78 is 1.85. The van der Waals surface area contributed by atoms with E-state index in [4.69, 9.17) is 0 Å². The summed E-state index contributed by atoms with van der Waals surface area (Å²) in [5.74, 6) is -0.223. The predicted octanol–water partition coefficient (Wildman–Crippen LogP) is 1.62. The molecule has 1 aliphatic rings. The maximum atomic E-state index is 12.9. The van der Waals surface area contributed by atoms with Crippen LogP contribution in [0, 0.1) is 6.92 Å². The molecule has 1 N–H and O–H groups in total. The van der Waals surface area contributed by atoms with Gasteiger partial charge in [0.1, 0.15) is 17.6 Å². The van der Waals surface area contributed by atoms with Crippen LogP contribution < -0.4 is 15.8 Å². The van der Waals surface area contributed by atoms with Crippen LogP contribution in [0.2, 0.25) is 0 Å². The first-order valence-electron chi connectivity index (χ1n) is 10.2. The number of rotatable bonds is 6. The van der Waals surface area contributed by atoms with E-state index in [9.17, 15) is 9.59 Å². The van der Waals surface area contributed by atoms with Crippen LogP contribution in [0.25, 0.3) is 10.3 Å². The van der Waals surface area contributed by atoms with Gasteiger partial charge in [0.25, 0.3) is 5.56 Å². The number of likely N-dealkylation sites (N-methyl/N-ethyl adjacent to an activating group) is 1. The van der Waals surface area contributed by atoms with E-state index in [0.717, 1.165) is 43.4 Å². The molecule has 30 heavy (non-hydrogen) atoms. The number of piperazine rings is 1. The highest BCUT2D eigenvalue weighted by Crippen LogP contribution is 2.26. The highest BCUT2D eigenvalue weighted by Gasteiger charge is 2.20. The summed E-state index contributed by atoms with van der Waals surface area (Å²) in [6.45, 7) is 9.37. The molecule has 1 aromatic carbocycles. The number of anilines is 1. The third-order valence-corrected chi connectivity index (χ3v) is 6.48. The lowest BCUT2D eigenvalue weighted by Crippen LogP contribution is -2.46. The van der Waals surface area contributed by atoms with Gasteiger partial charge < -0.3 is 15.1 Å². The normalized spacial score (nSPS) is 14.9. The van der Waals surface area contributed by atoms with Crippen molar-refractivity contribution in [2.45, 2.75) is 26.9 Å². The number of aryl methyl sites for hydroxylation is 1. The zero-order chi connectivity index (χ0) is 21.1. The Kier molecular flexibility index (Phi) is 6.10. The summed E-state index contributed by atoms with van der Waals surface area (Å²) in [6, 6.07) is 7.98. The second kappa shape index (κ2) is 8.93. The van der Waals surface area contributed by atoms with Gasteiger partial charge in [0, 0.05) is 32.7 Å². The molecule has 1 amide bonds. The Labute approximate surface area is 179 Å². The molecule has 0 radical (unpaired) electrons. The molecule has 0 atom stereocenters. The quantitative estimate of drug-likeness (QED) is 0.645. The first-order valence-corrected chi connectivity index (χ1v) is 11.0. The molecule has 0 bridgehead atoms. The number of aromatic nitrogens is 3. The monoisotopic (exact) mass is 426 g/mol. The molecule has 0 aliphatic carbocycles. The second-order valence-electron chi connectivity index (χ2n) is 7.51. The Morgan fingerprint density at radius 3 is 2.60 bits per heavy atom. The Hall–Kier alpha value is -2.78. The van der Waals surface area contributed by atoms with Crippen molar-refractivity contribution in [3.63, 3.8) is 0 Å². The predicted molar refractivity (Wildman–Crippen MR) is 119 cm³/mol. The summed E-state index contributed by atoms with van der Waals surface area (Å²) in [5.41, 5.74) is 2.42. The van der Waals surface area contributed by atoms with Gasteiger partial charge in [-0.15, -0.1) is 0 Å². The average molecular weight is 427 g/mol. The molecule has 1 fully saturated rings. The molecule has 0 unspecified atom stereocenters. The smallest absolute Gasteiger partial charge is 0.273 e. The number of carbonyl (C=O) groups excluding carboxylic acids is 1. The Morgan fingerprint density at radius 1 is 1.17 bits per heavy atom. The van der Waals surface area contributed by atoms with Crippen molar-refractivity contribution >= 4 is 32.7 Å². The molecule has 9 heteroatoms. The number of nitrogens with one attached hydrogen (secondary N) is 1. The number of benzene rings is 1. The van der Waals surface area contributed by atoms with Crippen molar-refractivity contribution in [3.8, 4) is 0 Å². The van der Waals surface area contributed by atoms with E-state index in [1.54, 1.807) is 0 Å². The van der Waals surface area contributed by atoms with Crippen LogP contribution in [0.15, 0.2) is 35.4 Å². The standard InChI is InChI=1S/C21H26N6O2S/c1-3-25-8-10-26(11-9-25)21-24-19-18(30-21)20(29)27(14-23-19)13-17(28)22-12-16-6-4-15(2)5-7-16/h4-7,14H,3,8-13H2,1-2H3,(H,22,28). The Balaban J connectivity index is 1.43. The van der Waals surface area contributed by atoms with Gasteiger partial charge >= 0.3 is 0 Å². The minimum absolute atomic E-state index is 0.0595. The van der Waals surface area contributed by atoms with Crippen LogP contribution >= 0.6 is 11.3 Å². The molecule has 0 spiro atoms. The van der Waals surface area contributed by atoms with Gasteiger partial charge in [0.2, 0.25) is 5.91 Å². The summed E-state index contributed by atoms with van der Waals surface area (Å²) >= 11 is 1.36. The van der Waals surface area contributed by atoms with Crippen molar-refractivity contribution in [2.24, 2.45) is 0 Å². The van der Waals surface area contributed by atoms with Gasteiger partial charge in [-0.2, -0.15) is 4.98 Å². The van der Waals surface area contributed by atoms with Gasteiger partial charge in [-0.25, -0.2) is 4.98 Å². The Morgan fingerprint density at radius 2 is 1.90 bits per heavy atom. The first-order chi connectivity index (χ1) is 14.5. The van der Waals surface area contributed by atoms with E-state index < -0.39 is 0 Å². The molecule has 3 heterocycles. The van der Waals surface area contributed by atoms with Crippen LogP contribution in [0.5, 0.6) is 0 Å². The molecular weight excluding hydrogens is 400 g/mol. The number of hydrogen-bond acceptors (Lipinski definition) is 7. The molecule has 4 rings (SSSR count). The number of fused-ring (bicyclic) bond motifs is 1. The molecular formula is C21H26N6O2S. The lowest BCUT2D eigenvalue weighted by Gasteiger charge is -2.33. The molecule has 158 valence electrons. The minimum Gasteiger partial charge on any atom is -0.350 e. The van der Waals surface area contributed by atoms with Gasteiger partial charge in [-0.1, -0.05) is 48.1 Å². The number of hydrogen-bond donors (Lipinski definition) is 1. The molecule has 2 aromatic heterocycles. The topological polar surface area (TPSA) is 83.4 Å². The number of thiazole rings is 1. The van der Waals surface area contributed by atoms with Gasteiger partial charge in [0.05, 0.1) is 0 Å². The number of amides is 1. The van der Waals surface area contributed by atoms with Gasteiger partial charge in [0.15, 0.2) is 10.8 Å². The van der Waals surface area contributed by atoms with Crippen LogP contribution in [-0.2, 0) is 17.9 Å². The fourth-order valence-electron chi connectivity index (χ4n) is 3.46. The Bertz CT molecular complexity index is 1080. The molecule has 8 nitrogen and oxygen atoms in total. The van der Waals surface area contributed by atoms with Gasteiger partial charge in [-0.05, 0) is 19.0 Å². The van der Waals surface area contributed by atoms with Crippen molar-refractivity contribution < 1.29 is 4.79 Å². The second-order valence-corrected chi connectivity index (χ2v) is 8.49. The van der Waals surface area contributed by atoms with Crippen molar-refractivity contribution in [3.05, 3.63) is 52.1 Å². The molecule has 1 saturated heterocycles. The number of carbonyl (C=O) groups is 1.